The van der Waals surface area contributed by atoms with Gasteiger partial charge in [-0.2, -0.15) is 0 Å². The third-order valence-electron chi connectivity index (χ3n) is 2.41. The number of rotatable bonds is 1. The van der Waals surface area contributed by atoms with Crippen LogP contribution in [0, 0.1) is 0 Å². The molecule has 1 unspecified atom stereocenters. The predicted octanol–water partition coefficient (Wildman–Crippen LogP) is 1.62. The van der Waals surface area contributed by atoms with Gasteiger partial charge in [0.1, 0.15) is 12.0 Å². The molecule has 2 nitrogen and oxygen atoms in total. The summed E-state index contributed by atoms with van der Waals surface area (Å²) in [5, 5.41) is 9.17. The lowest BCUT2D eigenvalue weighted by atomic mass is 10.0. The maximum absolute atomic E-state index is 10.6. The van der Waals surface area contributed by atoms with Crippen molar-refractivity contribution in [2.24, 2.45) is 0 Å². The Labute approximate surface area is 70.8 Å². The Hall–Kier alpha value is -1.31. The summed E-state index contributed by atoms with van der Waals surface area (Å²) in [5.41, 5.74) is 2.20. The van der Waals surface area contributed by atoms with E-state index in [4.69, 9.17) is 5.11 Å². The van der Waals surface area contributed by atoms with Crippen molar-refractivity contribution in [1.29, 1.82) is 0 Å². The minimum absolute atomic E-state index is 0.0561. The quantitative estimate of drug-likeness (QED) is 0.637. The van der Waals surface area contributed by atoms with E-state index in [0.717, 1.165) is 30.3 Å². The number of phenols is 1. The van der Waals surface area contributed by atoms with Gasteiger partial charge in [-0.1, -0.05) is 6.07 Å². The third-order valence-corrected chi connectivity index (χ3v) is 2.41. The molecule has 0 saturated heterocycles. The fourth-order valence-corrected chi connectivity index (χ4v) is 1.78. The van der Waals surface area contributed by atoms with Crippen molar-refractivity contribution in [1.82, 2.24) is 0 Å². The zero-order chi connectivity index (χ0) is 8.55. The summed E-state index contributed by atoms with van der Waals surface area (Å²) in [6.07, 6.45) is 2.79. The van der Waals surface area contributed by atoms with Gasteiger partial charge < -0.3 is 9.90 Å². The van der Waals surface area contributed by atoms with Crippen LogP contribution in [0.2, 0.25) is 0 Å². The lowest BCUT2D eigenvalue weighted by molar-refractivity contribution is -0.109. The fraction of sp³-hybridized carbons (Fsp3) is 0.300. The van der Waals surface area contributed by atoms with Crippen molar-refractivity contribution in [3.63, 3.8) is 0 Å². The maximum atomic E-state index is 10.6. The molecule has 0 radical (unpaired) electrons. The second kappa shape index (κ2) is 2.63. The predicted molar refractivity (Wildman–Crippen MR) is 45.2 cm³/mol. The van der Waals surface area contributed by atoms with Crippen LogP contribution in [-0.4, -0.2) is 11.4 Å². The molecule has 62 valence electrons. The number of aromatic hydroxyl groups is 1. The van der Waals surface area contributed by atoms with Crippen molar-refractivity contribution in [3.05, 3.63) is 29.3 Å². The second-order valence-corrected chi connectivity index (χ2v) is 3.16. The standard InChI is InChI=1S/C10H10O2/c11-6-8-2-1-7-5-9(12)3-4-10(7)8/h3-6,8,12H,1-2H2. The number of aldehydes is 1. The molecule has 0 aromatic heterocycles. The summed E-state index contributed by atoms with van der Waals surface area (Å²) >= 11 is 0. The zero-order valence-electron chi connectivity index (χ0n) is 6.66. The van der Waals surface area contributed by atoms with E-state index in [0.29, 0.717) is 5.75 Å². The van der Waals surface area contributed by atoms with Crippen LogP contribution >= 0.6 is 0 Å². The summed E-state index contributed by atoms with van der Waals surface area (Å²) in [4.78, 5) is 10.6. The highest BCUT2D eigenvalue weighted by Gasteiger charge is 2.21. The molecule has 0 aliphatic heterocycles. The Morgan fingerprint density at radius 2 is 2.33 bits per heavy atom. The second-order valence-electron chi connectivity index (χ2n) is 3.16. The van der Waals surface area contributed by atoms with Crippen LogP contribution in [0.15, 0.2) is 18.2 Å². The molecule has 2 rings (SSSR count). The highest BCUT2D eigenvalue weighted by atomic mass is 16.3. The number of hydrogen-bond acceptors (Lipinski definition) is 2. The average Bonchev–Trinajstić information content (AvgIpc) is 2.46. The highest BCUT2D eigenvalue weighted by molar-refractivity contribution is 5.65. The average molecular weight is 162 g/mol. The number of benzene rings is 1. The van der Waals surface area contributed by atoms with Crippen LogP contribution in [0.5, 0.6) is 5.75 Å². The van der Waals surface area contributed by atoms with Gasteiger partial charge in [0.15, 0.2) is 0 Å². The molecule has 0 bridgehead atoms. The number of aryl methyl sites for hydroxylation is 1. The first kappa shape index (κ1) is 7.35. The van der Waals surface area contributed by atoms with Crippen LogP contribution in [-0.2, 0) is 11.2 Å². The van der Waals surface area contributed by atoms with Crippen LogP contribution in [0.3, 0.4) is 0 Å². The Bertz CT molecular complexity index is 318. The molecule has 1 atom stereocenters. The monoisotopic (exact) mass is 162 g/mol. The van der Waals surface area contributed by atoms with Gasteiger partial charge in [0.05, 0.1) is 0 Å². The van der Waals surface area contributed by atoms with Gasteiger partial charge in [0.2, 0.25) is 0 Å². The Morgan fingerprint density at radius 1 is 1.50 bits per heavy atom. The molecule has 1 aliphatic rings. The molecule has 0 spiro atoms. The molecule has 0 fully saturated rings. The van der Waals surface area contributed by atoms with Gasteiger partial charge in [-0.25, -0.2) is 0 Å². The lowest BCUT2D eigenvalue weighted by Crippen LogP contribution is -1.92. The smallest absolute Gasteiger partial charge is 0.127 e. The Kier molecular flexibility index (Phi) is 1.61. The first-order valence-electron chi connectivity index (χ1n) is 4.08. The minimum Gasteiger partial charge on any atom is -0.508 e. The van der Waals surface area contributed by atoms with Crippen LogP contribution in [0.25, 0.3) is 0 Å². The van der Waals surface area contributed by atoms with Gasteiger partial charge in [0.25, 0.3) is 0 Å². The van der Waals surface area contributed by atoms with Crippen molar-refractivity contribution in [3.8, 4) is 5.75 Å². The van der Waals surface area contributed by atoms with E-state index in [2.05, 4.69) is 0 Å². The fourth-order valence-electron chi connectivity index (χ4n) is 1.78. The van der Waals surface area contributed by atoms with Gasteiger partial charge in [-0.3, -0.25) is 0 Å². The third kappa shape index (κ3) is 0.998. The van der Waals surface area contributed by atoms with Gasteiger partial charge in [0, 0.05) is 5.92 Å². The zero-order valence-corrected chi connectivity index (χ0v) is 6.66. The topological polar surface area (TPSA) is 37.3 Å². The first-order valence-corrected chi connectivity index (χ1v) is 4.08. The van der Waals surface area contributed by atoms with Crippen molar-refractivity contribution in [2.45, 2.75) is 18.8 Å². The number of carbonyl (C=O) groups excluding carboxylic acids is 1. The summed E-state index contributed by atoms with van der Waals surface area (Å²) in [6, 6.07) is 5.23. The summed E-state index contributed by atoms with van der Waals surface area (Å²) < 4.78 is 0. The van der Waals surface area contributed by atoms with Crippen LogP contribution < -0.4 is 0 Å². The molecular formula is C10H10O2. The summed E-state index contributed by atoms with van der Waals surface area (Å²) in [5.74, 6) is 0.348. The highest BCUT2D eigenvalue weighted by Crippen LogP contribution is 2.33. The van der Waals surface area contributed by atoms with E-state index in [1.165, 1.54) is 0 Å². The number of fused-ring (bicyclic) bond motifs is 1. The molecule has 1 aliphatic carbocycles. The maximum Gasteiger partial charge on any atom is 0.127 e. The molecule has 0 saturated carbocycles. The van der Waals surface area contributed by atoms with E-state index in [1.54, 1.807) is 12.1 Å². The number of carbonyl (C=O) groups is 1. The largest absolute Gasteiger partial charge is 0.508 e. The van der Waals surface area contributed by atoms with Crippen molar-refractivity contribution in [2.75, 3.05) is 0 Å². The molecular weight excluding hydrogens is 152 g/mol. The normalized spacial score (nSPS) is 20.5. The van der Waals surface area contributed by atoms with Crippen molar-refractivity contribution < 1.29 is 9.90 Å². The summed E-state index contributed by atoms with van der Waals surface area (Å²) in [7, 11) is 0. The SMILES string of the molecule is O=CC1CCc2cc(O)ccc21. The molecule has 0 amide bonds. The van der Waals surface area contributed by atoms with Gasteiger partial charge in [-0.15, -0.1) is 0 Å². The van der Waals surface area contributed by atoms with E-state index < -0.39 is 0 Å². The number of hydrogen-bond donors (Lipinski definition) is 1. The van der Waals surface area contributed by atoms with Crippen molar-refractivity contribution >= 4 is 6.29 Å². The Balaban J connectivity index is 2.47. The molecule has 1 aromatic carbocycles. The van der Waals surface area contributed by atoms with E-state index in [9.17, 15) is 4.79 Å². The summed E-state index contributed by atoms with van der Waals surface area (Å²) in [6.45, 7) is 0. The molecule has 1 aromatic rings. The molecule has 1 N–H and O–H groups in total. The molecule has 2 heteroatoms. The lowest BCUT2D eigenvalue weighted by Gasteiger charge is -2.02. The van der Waals surface area contributed by atoms with Crippen LogP contribution in [0.1, 0.15) is 23.5 Å². The minimum atomic E-state index is 0.0561. The Morgan fingerprint density at radius 3 is 3.08 bits per heavy atom. The van der Waals surface area contributed by atoms with Gasteiger partial charge >= 0.3 is 0 Å². The number of phenolic OH excluding ortho intramolecular Hbond substituents is 1. The van der Waals surface area contributed by atoms with E-state index in [1.807, 2.05) is 6.07 Å². The molecule has 0 heterocycles. The first-order chi connectivity index (χ1) is 5.81. The van der Waals surface area contributed by atoms with Crippen LogP contribution in [0.4, 0.5) is 0 Å². The molecule has 12 heavy (non-hydrogen) atoms. The van der Waals surface area contributed by atoms with E-state index in [-0.39, 0.29) is 5.92 Å². The van der Waals surface area contributed by atoms with E-state index >= 15 is 0 Å². The van der Waals surface area contributed by atoms with Gasteiger partial charge in [-0.05, 0) is 36.1 Å².